The van der Waals surface area contributed by atoms with E-state index in [4.69, 9.17) is 4.42 Å². The molecule has 3 aromatic rings. The Hall–Kier alpha value is -3.13. The largest absolute Gasteiger partial charge is 0.467 e. The van der Waals surface area contributed by atoms with Crippen LogP contribution in [0, 0.1) is 10.1 Å². The number of benzene rings is 1. The minimum absolute atomic E-state index is 0.0973. The molecule has 7 nitrogen and oxygen atoms in total. The predicted octanol–water partition coefficient (Wildman–Crippen LogP) is 4.16. The molecule has 1 amide bonds. The predicted molar refractivity (Wildman–Crippen MR) is 104 cm³/mol. The van der Waals surface area contributed by atoms with Gasteiger partial charge in [-0.3, -0.25) is 14.9 Å². The highest BCUT2D eigenvalue weighted by Gasteiger charge is 2.23. The quantitative estimate of drug-likeness (QED) is 0.451. The van der Waals surface area contributed by atoms with Crippen molar-refractivity contribution in [2.75, 3.05) is 19.0 Å². The molecule has 0 saturated heterocycles. The smallest absolute Gasteiger partial charge is 0.293 e. The first-order valence-electron chi connectivity index (χ1n) is 8.25. The van der Waals surface area contributed by atoms with E-state index in [-0.39, 0.29) is 23.7 Å². The number of amides is 1. The molecule has 0 unspecified atom stereocenters. The number of rotatable bonds is 7. The van der Waals surface area contributed by atoms with Gasteiger partial charge in [0.15, 0.2) is 0 Å². The topological polar surface area (TPSA) is 79.8 Å². The number of carbonyl (C=O) groups excluding carboxylic acids is 1. The highest BCUT2D eigenvalue weighted by Crippen LogP contribution is 2.29. The number of anilines is 1. The van der Waals surface area contributed by atoms with Crippen molar-refractivity contribution in [3.8, 4) is 0 Å². The molecule has 0 aliphatic carbocycles. The van der Waals surface area contributed by atoms with Gasteiger partial charge in [0.1, 0.15) is 11.4 Å². The first-order valence-corrected chi connectivity index (χ1v) is 9.13. The fraction of sp³-hybridized carbons (Fsp3) is 0.211. The van der Waals surface area contributed by atoms with Gasteiger partial charge in [0.2, 0.25) is 0 Å². The van der Waals surface area contributed by atoms with E-state index in [1.807, 2.05) is 17.5 Å². The van der Waals surface area contributed by atoms with Crippen molar-refractivity contribution < 1.29 is 14.1 Å². The van der Waals surface area contributed by atoms with Gasteiger partial charge in [-0.1, -0.05) is 6.07 Å². The Morgan fingerprint density at radius 1 is 1.19 bits per heavy atom. The zero-order valence-corrected chi connectivity index (χ0v) is 15.8. The van der Waals surface area contributed by atoms with Crippen LogP contribution in [0.1, 0.15) is 21.0 Å². The maximum Gasteiger partial charge on any atom is 0.293 e. The van der Waals surface area contributed by atoms with E-state index in [9.17, 15) is 14.9 Å². The van der Waals surface area contributed by atoms with E-state index in [1.54, 1.807) is 65.8 Å². The molecule has 0 saturated carbocycles. The van der Waals surface area contributed by atoms with Crippen LogP contribution in [0.25, 0.3) is 0 Å². The van der Waals surface area contributed by atoms with Gasteiger partial charge < -0.3 is 14.2 Å². The number of nitro benzene ring substituents is 1. The summed E-state index contributed by atoms with van der Waals surface area (Å²) >= 11 is 1.55. The van der Waals surface area contributed by atoms with Crippen molar-refractivity contribution in [1.29, 1.82) is 0 Å². The molecule has 0 spiro atoms. The summed E-state index contributed by atoms with van der Waals surface area (Å²) in [7, 11) is 3.45. The van der Waals surface area contributed by atoms with Gasteiger partial charge >= 0.3 is 0 Å². The molecule has 140 valence electrons. The lowest BCUT2D eigenvalue weighted by Gasteiger charge is -2.22. The molecule has 3 rings (SSSR count). The van der Waals surface area contributed by atoms with Crippen molar-refractivity contribution in [1.82, 2.24) is 4.90 Å². The van der Waals surface area contributed by atoms with Crippen LogP contribution in [-0.2, 0) is 13.1 Å². The minimum Gasteiger partial charge on any atom is -0.467 e. The third-order valence-electron chi connectivity index (χ3n) is 4.04. The molecular weight excluding hydrogens is 366 g/mol. The van der Waals surface area contributed by atoms with Crippen LogP contribution in [0.5, 0.6) is 0 Å². The summed E-state index contributed by atoms with van der Waals surface area (Å²) in [5.74, 6) is 0.368. The van der Waals surface area contributed by atoms with Crippen LogP contribution in [0.15, 0.2) is 58.5 Å². The number of hydrogen-bond acceptors (Lipinski definition) is 6. The van der Waals surface area contributed by atoms with Crippen molar-refractivity contribution >= 4 is 28.6 Å². The lowest BCUT2D eigenvalue weighted by atomic mass is 10.1. The average Bonchev–Trinajstić information content (AvgIpc) is 3.34. The highest BCUT2D eigenvalue weighted by atomic mass is 32.1. The molecule has 0 aliphatic rings. The van der Waals surface area contributed by atoms with Crippen LogP contribution in [0.4, 0.5) is 11.4 Å². The molecule has 0 bridgehead atoms. The van der Waals surface area contributed by atoms with Gasteiger partial charge in [-0.05, 0) is 35.7 Å². The second-order valence-corrected chi connectivity index (χ2v) is 7.21. The summed E-state index contributed by atoms with van der Waals surface area (Å²) in [6, 6.07) is 12.0. The Morgan fingerprint density at radius 3 is 2.59 bits per heavy atom. The maximum atomic E-state index is 13.1. The van der Waals surface area contributed by atoms with Crippen LogP contribution in [-0.4, -0.2) is 29.8 Å². The molecular formula is C19H19N3O4S. The Kier molecular flexibility index (Phi) is 5.56. The second kappa shape index (κ2) is 8.05. The molecule has 1 aromatic carbocycles. The Labute approximate surface area is 160 Å². The molecule has 2 heterocycles. The van der Waals surface area contributed by atoms with E-state index in [2.05, 4.69) is 0 Å². The second-order valence-electron chi connectivity index (χ2n) is 6.17. The summed E-state index contributed by atoms with van der Waals surface area (Å²) in [6.07, 6.45) is 1.56. The number of thiophene rings is 1. The standard InChI is InChI=1S/C19H19N3O4S/c1-20(2)17-8-7-14(11-18(17)22(24)25)19(23)21(12-15-5-3-9-26-15)13-16-6-4-10-27-16/h3-11H,12-13H2,1-2H3. The van der Waals surface area contributed by atoms with E-state index in [1.165, 1.54) is 6.07 Å². The molecule has 0 atom stereocenters. The number of nitrogens with zero attached hydrogens (tertiary/aromatic N) is 3. The Morgan fingerprint density at radius 2 is 2.00 bits per heavy atom. The summed E-state index contributed by atoms with van der Waals surface area (Å²) in [6.45, 7) is 0.688. The maximum absolute atomic E-state index is 13.1. The normalized spacial score (nSPS) is 10.6. The molecule has 2 aromatic heterocycles. The summed E-state index contributed by atoms with van der Waals surface area (Å²) in [4.78, 5) is 28.4. The van der Waals surface area contributed by atoms with Crippen molar-refractivity contribution in [2.45, 2.75) is 13.1 Å². The SMILES string of the molecule is CN(C)c1ccc(C(=O)N(Cc2ccco2)Cc2cccs2)cc1[N+](=O)[O-]. The van der Waals surface area contributed by atoms with Crippen molar-refractivity contribution in [2.24, 2.45) is 0 Å². The molecule has 0 fully saturated rings. The molecule has 8 heteroatoms. The highest BCUT2D eigenvalue weighted by molar-refractivity contribution is 7.09. The van der Waals surface area contributed by atoms with E-state index in [0.29, 0.717) is 18.0 Å². The number of hydrogen-bond donors (Lipinski definition) is 0. The summed E-state index contributed by atoms with van der Waals surface area (Å²) < 4.78 is 5.38. The van der Waals surface area contributed by atoms with Crippen LogP contribution < -0.4 is 4.90 Å². The fourth-order valence-corrected chi connectivity index (χ4v) is 3.46. The molecule has 0 aliphatic heterocycles. The molecule has 0 radical (unpaired) electrons. The number of furan rings is 1. The fourth-order valence-electron chi connectivity index (χ4n) is 2.74. The number of nitro groups is 1. The van der Waals surface area contributed by atoms with Crippen LogP contribution >= 0.6 is 11.3 Å². The third-order valence-corrected chi connectivity index (χ3v) is 4.90. The van der Waals surface area contributed by atoms with Crippen LogP contribution in [0.3, 0.4) is 0 Å². The Bertz CT molecular complexity index is 884. The zero-order valence-electron chi connectivity index (χ0n) is 15.0. The van der Waals surface area contributed by atoms with Gasteiger partial charge in [0.05, 0.1) is 24.3 Å². The lowest BCUT2D eigenvalue weighted by Crippen LogP contribution is -2.29. The third kappa shape index (κ3) is 4.35. The average molecular weight is 385 g/mol. The van der Waals surface area contributed by atoms with Gasteiger partial charge in [0.25, 0.3) is 11.6 Å². The van der Waals surface area contributed by atoms with Gasteiger partial charge in [-0.25, -0.2) is 0 Å². The molecule has 0 N–H and O–H groups in total. The number of carbonyl (C=O) groups is 1. The van der Waals surface area contributed by atoms with Crippen molar-refractivity contribution in [3.63, 3.8) is 0 Å². The monoisotopic (exact) mass is 385 g/mol. The molecule has 27 heavy (non-hydrogen) atoms. The zero-order chi connectivity index (χ0) is 19.4. The van der Waals surface area contributed by atoms with E-state index in [0.717, 1.165) is 4.88 Å². The minimum atomic E-state index is -0.470. The van der Waals surface area contributed by atoms with Gasteiger partial charge in [0, 0.05) is 30.6 Å². The van der Waals surface area contributed by atoms with E-state index < -0.39 is 4.92 Å². The first-order chi connectivity index (χ1) is 13.0. The lowest BCUT2D eigenvalue weighted by molar-refractivity contribution is -0.384. The van der Waals surface area contributed by atoms with Crippen molar-refractivity contribution in [3.05, 3.63) is 80.4 Å². The first kappa shape index (κ1) is 18.7. The Balaban J connectivity index is 1.93. The van der Waals surface area contributed by atoms with Crippen LogP contribution in [0.2, 0.25) is 0 Å². The van der Waals surface area contributed by atoms with Gasteiger partial charge in [-0.15, -0.1) is 11.3 Å². The van der Waals surface area contributed by atoms with Gasteiger partial charge in [-0.2, -0.15) is 0 Å². The summed E-state index contributed by atoms with van der Waals surface area (Å²) in [5, 5.41) is 13.4. The van der Waals surface area contributed by atoms with E-state index >= 15 is 0 Å². The summed E-state index contributed by atoms with van der Waals surface area (Å²) in [5.41, 5.74) is 0.628.